The molecule has 1 aliphatic heterocycles. The van der Waals surface area contributed by atoms with Crippen LogP contribution >= 0.6 is 11.6 Å². The van der Waals surface area contributed by atoms with Gasteiger partial charge in [0.15, 0.2) is 5.76 Å². The predicted octanol–water partition coefficient (Wildman–Crippen LogP) is 6.41. The number of halogens is 1. The highest BCUT2D eigenvalue weighted by molar-refractivity contribution is 6.30. The van der Waals surface area contributed by atoms with Crippen LogP contribution in [0.5, 0.6) is 11.5 Å². The lowest BCUT2D eigenvalue weighted by Crippen LogP contribution is -1.98. The SMILES string of the molecule is CCc1ccc(/C=C2\Oc3c(ccc(OCc4cccc(Cl)c4)c3C)C2=O)cc1. The summed E-state index contributed by atoms with van der Waals surface area (Å²) in [7, 11) is 0. The summed E-state index contributed by atoms with van der Waals surface area (Å²) in [5, 5.41) is 0.674. The average molecular weight is 405 g/mol. The van der Waals surface area contributed by atoms with Gasteiger partial charge in [-0.1, -0.05) is 54.9 Å². The third-order valence-corrected chi connectivity index (χ3v) is 5.24. The molecule has 0 atom stereocenters. The molecule has 0 fully saturated rings. The topological polar surface area (TPSA) is 35.5 Å². The minimum absolute atomic E-state index is 0.107. The summed E-state index contributed by atoms with van der Waals surface area (Å²) < 4.78 is 11.9. The normalized spacial score (nSPS) is 14.0. The van der Waals surface area contributed by atoms with E-state index in [-0.39, 0.29) is 5.78 Å². The standard InChI is InChI=1S/C25H21ClO3/c1-3-17-7-9-18(10-8-17)14-23-24(27)21-11-12-22(16(2)25(21)29-23)28-15-19-5-4-6-20(26)13-19/h4-14H,3,15H2,1-2H3/b23-14-. The maximum Gasteiger partial charge on any atom is 0.231 e. The summed E-state index contributed by atoms with van der Waals surface area (Å²) in [6, 6.07) is 19.2. The highest BCUT2D eigenvalue weighted by Gasteiger charge is 2.30. The lowest BCUT2D eigenvalue weighted by Gasteiger charge is -2.11. The van der Waals surface area contributed by atoms with Crippen LogP contribution in [0.1, 0.15) is 39.5 Å². The third kappa shape index (κ3) is 4.06. The molecule has 29 heavy (non-hydrogen) atoms. The first-order valence-electron chi connectivity index (χ1n) is 9.59. The monoisotopic (exact) mass is 404 g/mol. The Hall–Kier alpha value is -3.04. The van der Waals surface area contributed by atoms with Crippen LogP contribution in [0.3, 0.4) is 0 Å². The summed E-state index contributed by atoms with van der Waals surface area (Å²) in [5.41, 5.74) is 4.54. The molecule has 0 amide bonds. The fourth-order valence-electron chi connectivity index (χ4n) is 3.31. The first-order chi connectivity index (χ1) is 14.0. The molecule has 3 aromatic carbocycles. The van der Waals surface area contributed by atoms with Crippen LogP contribution in [-0.2, 0) is 13.0 Å². The van der Waals surface area contributed by atoms with E-state index in [9.17, 15) is 4.79 Å². The molecule has 1 aliphatic rings. The molecule has 0 bridgehead atoms. The quantitative estimate of drug-likeness (QED) is 0.461. The van der Waals surface area contributed by atoms with Gasteiger partial charge in [-0.2, -0.15) is 0 Å². The van der Waals surface area contributed by atoms with E-state index in [4.69, 9.17) is 21.1 Å². The molecule has 146 valence electrons. The Labute approximate surface area is 175 Å². The fraction of sp³-hybridized carbons (Fsp3) is 0.160. The number of ketones is 1. The van der Waals surface area contributed by atoms with E-state index in [1.165, 1.54) is 5.56 Å². The zero-order valence-corrected chi connectivity index (χ0v) is 17.1. The van der Waals surface area contributed by atoms with E-state index >= 15 is 0 Å². The molecule has 0 radical (unpaired) electrons. The molecule has 3 nitrogen and oxygen atoms in total. The number of allylic oxidation sites excluding steroid dienone is 1. The second kappa shape index (κ2) is 8.14. The molecule has 1 heterocycles. The Morgan fingerprint density at radius 3 is 2.55 bits per heavy atom. The summed E-state index contributed by atoms with van der Waals surface area (Å²) in [5.74, 6) is 1.48. The van der Waals surface area contributed by atoms with E-state index in [1.807, 2.05) is 49.4 Å². The fourth-order valence-corrected chi connectivity index (χ4v) is 3.53. The van der Waals surface area contributed by atoms with E-state index in [0.29, 0.717) is 34.5 Å². The first-order valence-corrected chi connectivity index (χ1v) is 9.97. The van der Waals surface area contributed by atoms with Crippen molar-refractivity contribution in [3.63, 3.8) is 0 Å². The van der Waals surface area contributed by atoms with Crippen LogP contribution in [0.25, 0.3) is 6.08 Å². The van der Waals surface area contributed by atoms with Gasteiger partial charge in [-0.05, 0) is 60.4 Å². The van der Waals surface area contributed by atoms with Gasteiger partial charge in [-0.15, -0.1) is 0 Å². The molecule has 0 N–H and O–H groups in total. The summed E-state index contributed by atoms with van der Waals surface area (Å²) in [6.07, 6.45) is 2.77. The number of benzene rings is 3. The van der Waals surface area contributed by atoms with Gasteiger partial charge in [0, 0.05) is 10.6 Å². The molecular weight excluding hydrogens is 384 g/mol. The molecule has 4 rings (SSSR count). The van der Waals surface area contributed by atoms with Gasteiger partial charge < -0.3 is 9.47 Å². The number of carbonyl (C=O) groups is 1. The van der Waals surface area contributed by atoms with Gasteiger partial charge >= 0.3 is 0 Å². The molecule has 0 saturated heterocycles. The first kappa shape index (κ1) is 19.3. The highest BCUT2D eigenvalue weighted by Crippen LogP contribution is 2.39. The van der Waals surface area contributed by atoms with E-state index in [2.05, 4.69) is 19.1 Å². The van der Waals surface area contributed by atoms with Crippen molar-refractivity contribution in [3.05, 3.63) is 99.3 Å². The second-order valence-electron chi connectivity index (χ2n) is 7.02. The summed E-state index contributed by atoms with van der Waals surface area (Å²) >= 11 is 6.03. The maximum absolute atomic E-state index is 12.8. The number of aryl methyl sites for hydroxylation is 1. The summed E-state index contributed by atoms with van der Waals surface area (Å²) in [4.78, 5) is 12.8. The van der Waals surface area contributed by atoms with Crippen LogP contribution < -0.4 is 9.47 Å². The van der Waals surface area contributed by atoms with Gasteiger partial charge in [0.1, 0.15) is 18.1 Å². The van der Waals surface area contributed by atoms with Gasteiger partial charge in [-0.3, -0.25) is 4.79 Å². The summed E-state index contributed by atoms with van der Waals surface area (Å²) in [6.45, 7) is 4.40. The van der Waals surface area contributed by atoms with E-state index in [1.54, 1.807) is 12.1 Å². The van der Waals surface area contributed by atoms with Gasteiger partial charge in [0.25, 0.3) is 0 Å². The number of carbonyl (C=O) groups excluding carboxylic acids is 1. The molecule has 3 aromatic rings. The van der Waals surface area contributed by atoms with Crippen molar-refractivity contribution in [2.45, 2.75) is 26.9 Å². The zero-order valence-electron chi connectivity index (χ0n) is 16.4. The van der Waals surface area contributed by atoms with Crippen LogP contribution in [0.2, 0.25) is 5.02 Å². The number of Topliss-reactive ketones (excluding diaryl/α,β-unsaturated/α-hetero) is 1. The van der Waals surface area contributed by atoms with Crippen molar-refractivity contribution in [2.24, 2.45) is 0 Å². The lowest BCUT2D eigenvalue weighted by atomic mass is 10.0. The van der Waals surface area contributed by atoms with E-state index < -0.39 is 0 Å². The number of rotatable bonds is 5. The number of fused-ring (bicyclic) bond motifs is 1. The number of hydrogen-bond acceptors (Lipinski definition) is 3. The highest BCUT2D eigenvalue weighted by atomic mass is 35.5. The van der Waals surface area contributed by atoms with Gasteiger partial charge in [0.05, 0.1) is 5.56 Å². The molecular formula is C25H21ClO3. The second-order valence-corrected chi connectivity index (χ2v) is 7.46. The van der Waals surface area contributed by atoms with Crippen molar-refractivity contribution in [3.8, 4) is 11.5 Å². The predicted molar refractivity (Wildman–Crippen MR) is 116 cm³/mol. The largest absolute Gasteiger partial charge is 0.488 e. The van der Waals surface area contributed by atoms with Crippen molar-refractivity contribution >= 4 is 23.5 Å². The molecule has 0 spiro atoms. The molecule has 0 aliphatic carbocycles. The Morgan fingerprint density at radius 1 is 1.03 bits per heavy atom. The van der Waals surface area contributed by atoms with E-state index in [0.717, 1.165) is 23.1 Å². The Morgan fingerprint density at radius 2 is 1.83 bits per heavy atom. The minimum Gasteiger partial charge on any atom is -0.488 e. The van der Waals surface area contributed by atoms with Gasteiger partial charge in [-0.25, -0.2) is 0 Å². The molecule has 0 unspecified atom stereocenters. The number of ether oxygens (including phenoxy) is 2. The number of hydrogen-bond donors (Lipinski definition) is 0. The lowest BCUT2D eigenvalue weighted by molar-refractivity contribution is 0.101. The van der Waals surface area contributed by atoms with Crippen molar-refractivity contribution in [1.29, 1.82) is 0 Å². The van der Waals surface area contributed by atoms with Crippen molar-refractivity contribution in [2.75, 3.05) is 0 Å². The molecule has 0 aromatic heterocycles. The van der Waals surface area contributed by atoms with Crippen LogP contribution in [0.15, 0.2) is 66.4 Å². The van der Waals surface area contributed by atoms with Crippen LogP contribution in [0, 0.1) is 6.92 Å². The van der Waals surface area contributed by atoms with Crippen LogP contribution in [-0.4, -0.2) is 5.78 Å². The average Bonchev–Trinajstić information content (AvgIpc) is 3.04. The Bertz CT molecular complexity index is 1100. The van der Waals surface area contributed by atoms with Crippen molar-refractivity contribution < 1.29 is 14.3 Å². The molecule has 4 heteroatoms. The third-order valence-electron chi connectivity index (χ3n) is 5.01. The van der Waals surface area contributed by atoms with Gasteiger partial charge in [0.2, 0.25) is 5.78 Å². The minimum atomic E-state index is -0.107. The molecule has 0 saturated carbocycles. The Kier molecular flexibility index (Phi) is 5.41. The smallest absolute Gasteiger partial charge is 0.231 e. The maximum atomic E-state index is 12.8. The van der Waals surface area contributed by atoms with Crippen LogP contribution in [0.4, 0.5) is 0 Å². The zero-order chi connectivity index (χ0) is 20.4. The Balaban J connectivity index is 1.55. The van der Waals surface area contributed by atoms with Crippen molar-refractivity contribution in [1.82, 2.24) is 0 Å².